The Kier molecular flexibility index (Phi) is 2.60. The van der Waals surface area contributed by atoms with Crippen molar-refractivity contribution in [3.63, 3.8) is 0 Å². The van der Waals surface area contributed by atoms with Crippen LogP contribution >= 0.6 is 23.2 Å². The SMILES string of the molecule is O=C1OCC(C2CC2)N1c1cc(Cl)nc(Cl)n1. The molecule has 0 aromatic carbocycles. The van der Waals surface area contributed by atoms with E-state index in [-0.39, 0.29) is 16.5 Å². The summed E-state index contributed by atoms with van der Waals surface area (Å²) in [4.78, 5) is 21.0. The molecule has 0 spiro atoms. The van der Waals surface area contributed by atoms with Crippen molar-refractivity contribution in [2.45, 2.75) is 18.9 Å². The van der Waals surface area contributed by atoms with Gasteiger partial charge in [0.2, 0.25) is 5.28 Å². The number of carbonyl (C=O) groups is 1. The number of aromatic nitrogens is 2. The van der Waals surface area contributed by atoms with Crippen LogP contribution in [-0.2, 0) is 4.74 Å². The van der Waals surface area contributed by atoms with Crippen molar-refractivity contribution in [3.8, 4) is 0 Å². The average Bonchev–Trinajstić information content (AvgIpc) is 3.01. The molecule has 1 saturated carbocycles. The zero-order chi connectivity index (χ0) is 12.0. The number of hydrogen-bond donors (Lipinski definition) is 0. The third-order valence-electron chi connectivity index (χ3n) is 2.97. The van der Waals surface area contributed by atoms with Crippen LogP contribution in [0.15, 0.2) is 6.07 Å². The van der Waals surface area contributed by atoms with Gasteiger partial charge in [0.1, 0.15) is 17.6 Å². The summed E-state index contributed by atoms with van der Waals surface area (Å²) in [6.07, 6.45) is 1.84. The van der Waals surface area contributed by atoms with E-state index in [1.807, 2.05) is 0 Å². The largest absolute Gasteiger partial charge is 0.447 e. The minimum Gasteiger partial charge on any atom is -0.447 e. The van der Waals surface area contributed by atoms with Crippen molar-refractivity contribution in [1.29, 1.82) is 0 Å². The molecule has 0 radical (unpaired) electrons. The number of carbonyl (C=O) groups excluding carboxylic acids is 1. The summed E-state index contributed by atoms with van der Waals surface area (Å²) < 4.78 is 5.05. The summed E-state index contributed by atoms with van der Waals surface area (Å²) in [6, 6.07) is 1.57. The Hall–Kier alpha value is -1.07. The lowest BCUT2D eigenvalue weighted by Gasteiger charge is -2.19. The van der Waals surface area contributed by atoms with Gasteiger partial charge in [-0.1, -0.05) is 11.6 Å². The summed E-state index contributed by atoms with van der Waals surface area (Å²) in [6.45, 7) is 0.405. The Morgan fingerprint density at radius 1 is 1.35 bits per heavy atom. The first-order valence-electron chi connectivity index (χ1n) is 5.31. The molecule has 1 aliphatic carbocycles. The second-order valence-electron chi connectivity index (χ2n) is 4.17. The highest BCUT2D eigenvalue weighted by molar-refractivity contribution is 6.32. The van der Waals surface area contributed by atoms with E-state index in [4.69, 9.17) is 27.9 Å². The van der Waals surface area contributed by atoms with Gasteiger partial charge in [0.25, 0.3) is 0 Å². The van der Waals surface area contributed by atoms with E-state index < -0.39 is 6.09 Å². The zero-order valence-electron chi connectivity index (χ0n) is 8.77. The smallest absolute Gasteiger partial charge is 0.415 e. The van der Waals surface area contributed by atoms with Gasteiger partial charge < -0.3 is 4.74 Å². The first-order chi connectivity index (χ1) is 8.15. The highest BCUT2D eigenvalue weighted by atomic mass is 35.5. The number of amides is 1. The molecule has 1 unspecified atom stereocenters. The number of nitrogens with zero attached hydrogens (tertiary/aromatic N) is 3. The van der Waals surface area contributed by atoms with E-state index >= 15 is 0 Å². The predicted molar refractivity (Wildman–Crippen MR) is 62.4 cm³/mol. The van der Waals surface area contributed by atoms with Gasteiger partial charge in [-0.3, -0.25) is 4.90 Å². The Labute approximate surface area is 108 Å². The van der Waals surface area contributed by atoms with Crippen LogP contribution in [0.5, 0.6) is 0 Å². The van der Waals surface area contributed by atoms with E-state index in [2.05, 4.69) is 9.97 Å². The molecule has 17 heavy (non-hydrogen) atoms. The van der Waals surface area contributed by atoms with Gasteiger partial charge in [-0.25, -0.2) is 9.78 Å². The van der Waals surface area contributed by atoms with Gasteiger partial charge in [0, 0.05) is 6.07 Å². The van der Waals surface area contributed by atoms with E-state index in [1.165, 1.54) is 11.0 Å². The molecule has 7 heteroatoms. The Morgan fingerprint density at radius 2 is 2.12 bits per heavy atom. The maximum Gasteiger partial charge on any atom is 0.415 e. The molecule has 1 aliphatic heterocycles. The molecule has 1 atom stereocenters. The summed E-state index contributed by atoms with van der Waals surface area (Å²) in [5.74, 6) is 0.906. The number of hydrogen-bond acceptors (Lipinski definition) is 4. The monoisotopic (exact) mass is 273 g/mol. The molecule has 2 fully saturated rings. The second kappa shape index (κ2) is 3.99. The van der Waals surface area contributed by atoms with Crippen LogP contribution in [0.25, 0.3) is 0 Å². The lowest BCUT2D eigenvalue weighted by atomic mass is 10.2. The van der Waals surface area contributed by atoms with E-state index in [1.54, 1.807) is 0 Å². The first kappa shape index (κ1) is 11.0. The number of cyclic esters (lactones) is 1. The van der Waals surface area contributed by atoms with Gasteiger partial charge in [-0.05, 0) is 30.4 Å². The Balaban J connectivity index is 1.97. The molecule has 3 rings (SSSR count). The Bertz CT molecular complexity index is 458. The average molecular weight is 274 g/mol. The van der Waals surface area contributed by atoms with Crippen LogP contribution in [0.2, 0.25) is 10.4 Å². The molecule has 1 aromatic heterocycles. The van der Waals surface area contributed by atoms with Gasteiger partial charge in [-0.2, -0.15) is 4.98 Å². The number of rotatable bonds is 2. The lowest BCUT2D eigenvalue weighted by Crippen LogP contribution is -2.35. The maximum absolute atomic E-state index is 11.7. The molecule has 90 valence electrons. The fourth-order valence-electron chi connectivity index (χ4n) is 2.03. The highest BCUT2D eigenvalue weighted by Gasteiger charge is 2.44. The molecule has 1 saturated heterocycles. The Morgan fingerprint density at radius 3 is 2.76 bits per heavy atom. The lowest BCUT2D eigenvalue weighted by molar-refractivity contribution is 0.178. The predicted octanol–water partition coefficient (Wildman–Crippen LogP) is 2.52. The summed E-state index contributed by atoms with van der Waals surface area (Å²) >= 11 is 11.5. The molecule has 2 aliphatic rings. The van der Waals surface area contributed by atoms with Crippen molar-refractivity contribution in [2.75, 3.05) is 11.5 Å². The third-order valence-corrected chi connectivity index (χ3v) is 3.34. The summed E-state index contributed by atoms with van der Waals surface area (Å²) in [5, 5.41) is 0.246. The molecule has 0 bridgehead atoms. The van der Waals surface area contributed by atoms with Crippen LogP contribution in [-0.4, -0.2) is 28.7 Å². The fourth-order valence-corrected chi connectivity index (χ4v) is 2.43. The molecule has 2 heterocycles. The van der Waals surface area contributed by atoms with Gasteiger partial charge in [0.05, 0.1) is 6.04 Å². The first-order valence-corrected chi connectivity index (χ1v) is 6.07. The molecular weight excluding hydrogens is 265 g/mol. The summed E-state index contributed by atoms with van der Waals surface area (Å²) in [7, 11) is 0. The van der Waals surface area contributed by atoms with Gasteiger partial charge >= 0.3 is 6.09 Å². The van der Waals surface area contributed by atoms with E-state index in [9.17, 15) is 4.79 Å². The summed E-state index contributed by atoms with van der Waals surface area (Å²) in [5.41, 5.74) is 0. The topological polar surface area (TPSA) is 55.3 Å². The van der Waals surface area contributed by atoms with Crippen LogP contribution in [0.1, 0.15) is 12.8 Å². The molecule has 0 N–H and O–H groups in total. The maximum atomic E-state index is 11.7. The molecule has 1 aromatic rings. The van der Waals surface area contributed by atoms with Crippen molar-refractivity contribution in [2.24, 2.45) is 5.92 Å². The number of halogens is 2. The van der Waals surface area contributed by atoms with Crippen LogP contribution < -0.4 is 4.90 Å². The highest BCUT2D eigenvalue weighted by Crippen LogP contribution is 2.39. The van der Waals surface area contributed by atoms with Crippen LogP contribution in [0, 0.1) is 5.92 Å². The van der Waals surface area contributed by atoms with Crippen LogP contribution in [0.3, 0.4) is 0 Å². The van der Waals surface area contributed by atoms with Crippen molar-refractivity contribution in [3.05, 3.63) is 16.5 Å². The third kappa shape index (κ3) is 2.05. The standard InChI is InChI=1S/C10H9Cl2N3O2/c11-7-3-8(14-9(12)13-7)15-6(5-1-2-5)4-17-10(15)16/h3,5-6H,1-2,4H2. The van der Waals surface area contributed by atoms with Gasteiger partial charge in [0.15, 0.2) is 0 Å². The number of anilines is 1. The molecule has 5 nitrogen and oxygen atoms in total. The number of ether oxygens (including phenoxy) is 1. The van der Waals surface area contributed by atoms with Crippen LogP contribution in [0.4, 0.5) is 10.6 Å². The molecular formula is C10H9Cl2N3O2. The minimum atomic E-state index is -0.396. The fraction of sp³-hybridized carbons (Fsp3) is 0.500. The normalized spacial score (nSPS) is 24.0. The molecule has 1 amide bonds. The van der Waals surface area contributed by atoms with E-state index in [0.717, 1.165) is 12.8 Å². The van der Waals surface area contributed by atoms with Crippen molar-refractivity contribution < 1.29 is 9.53 Å². The minimum absolute atomic E-state index is 0.0294. The van der Waals surface area contributed by atoms with Gasteiger partial charge in [-0.15, -0.1) is 0 Å². The second-order valence-corrected chi connectivity index (χ2v) is 4.89. The van der Waals surface area contributed by atoms with E-state index in [0.29, 0.717) is 18.3 Å². The zero-order valence-corrected chi connectivity index (χ0v) is 10.3. The van der Waals surface area contributed by atoms with Crippen molar-refractivity contribution >= 4 is 35.1 Å². The quantitative estimate of drug-likeness (QED) is 0.614. The van der Waals surface area contributed by atoms with Crippen molar-refractivity contribution in [1.82, 2.24) is 9.97 Å².